The summed E-state index contributed by atoms with van der Waals surface area (Å²) in [7, 11) is 1.57. The number of pyridine rings is 1. The summed E-state index contributed by atoms with van der Waals surface area (Å²) >= 11 is 6.62. The summed E-state index contributed by atoms with van der Waals surface area (Å²) in [4.78, 5) is 23.4. The number of rotatable bonds is 6. The number of ether oxygens (including phenoxy) is 1. The number of piperidine rings is 1. The van der Waals surface area contributed by atoms with Crippen LogP contribution in [0.25, 0.3) is 11.0 Å². The van der Waals surface area contributed by atoms with Crippen LogP contribution in [0, 0.1) is 5.41 Å². The quantitative estimate of drug-likeness (QED) is 0.665. The molecule has 1 saturated carbocycles. The number of hydrogen-bond acceptors (Lipinski definition) is 4. The first kappa shape index (κ1) is 22.4. The van der Waals surface area contributed by atoms with Gasteiger partial charge in [-0.2, -0.15) is 0 Å². The fourth-order valence-corrected chi connectivity index (χ4v) is 6.32. The monoisotopic (exact) mass is 447 g/mol. The first-order chi connectivity index (χ1) is 14.7. The summed E-state index contributed by atoms with van der Waals surface area (Å²) in [5, 5.41) is 11.0. The number of aromatic nitrogens is 2. The molecule has 1 aliphatic carbocycles. The molecular weight excluding hydrogens is 414 g/mol. The lowest BCUT2D eigenvalue weighted by Gasteiger charge is -2.53. The number of carbonyl (C=O) groups is 1. The smallest absolute Gasteiger partial charge is 0.223 e. The van der Waals surface area contributed by atoms with E-state index in [1.807, 2.05) is 6.20 Å². The average molecular weight is 448 g/mol. The van der Waals surface area contributed by atoms with Crippen LogP contribution in [0.5, 0.6) is 5.75 Å². The second-order valence-electron chi connectivity index (χ2n) is 10.4. The van der Waals surface area contributed by atoms with Gasteiger partial charge in [0, 0.05) is 42.1 Å². The van der Waals surface area contributed by atoms with Gasteiger partial charge in [0.05, 0.1) is 18.3 Å². The van der Waals surface area contributed by atoms with E-state index in [2.05, 4.69) is 35.6 Å². The number of likely N-dealkylation sites (tertiary alicyclic amines) is 1. The molecule has 0 aromatic carbocycles. The van der Waals surface area contributed by atoms with Crippen molar-refractivity contribution in [1.82, 2.24) is 14.9 Å². The van der Waals surface area contributed by atoms with Crippen LogP contribution < -0.4 is 4.74 Å². The van der Waals surface area contributed by atoms with Crippen LogP contribution in [0.15, 0.2) is 12.4 Å². The first-order valence-electron chi connectivity index (χ1n) is 11.3. The van der Waals surface area contributed by atoms with E-state index in [0.717, 1.165) is 30.2 Å². The normalized spacial score (nSPS) is 26.3. The predicted molar refractivity (Wildman–Crippen MR) is 123 cm³/mol. The highest BCUT2D eigenvalue weighted by Crippen LogP contribution is 2.48. The molecule has 3 unspecified atom stereocenters. The molecule has 1 saturated heterocycles. The Bertz CT molecular complexity index is 972. The van der Waals surface area contributed by atoms with Gasteiger partial charge in [0.25, 0.3) is 0 Å². The van der Waals surface area contributed by atoms with Crippen molar-refractivity contribution >= 4 is 28.5 Å². The fourth-order valence-electron chi connectivity index (χ4n) is 6.00. The molecule has 2 fully saturated rings. The number of H-pyrrole nitrogens is 1. The molecule has 0 spiro atoms. The van der Waals surface area contributed by atoms with Gasteiger partial charge in [0.15, 0.2) is 5.75 Å². The van der Waals surface area contributed by atoms with Gasteiger partial charge in [-0.05, 0) is 43.1 Å². The maximum Gasteiger partial charge on any atom is 0.223 e. The van der Waals surface area contributed by atoms with Gasteiger partial charge < -0.3 is 19.7 Å². The third-order valence-corrected chi connectivity index (χ3v) is 7.84. The minimum Gasteiger partial charge on any atom is -0.494 e. The lowest BCUT2D eigenvalue weighted by molar-refractivity contribution is -0.145. The van der Waals surface area contributed by atoms with E-state index in [1.165, 1.54) is 12.8 Å². The second-order valence-corrected chi connectivity index (χ2v) is 10.7. The van der Waals surface area contributed by atoms with E-state index >= 15 is 0 Å². The zero-order valence-electron chi connectivity index (χ0n) is 19.0. The van der Waals surface area contributed by atoms with Crippen LogP contribution in [0.2, 0.25) is 5.02 Å². The molecule has 2 aromatic heterocycles. The van der Waals surface area contributed by atoms with Crippen molar-refractivity contribution in [2.24, 2.45) is 5.41 Å². The number of aliphatic hydroxyl groups excluding tert-OH is 1. The minimum absolute atomic E-state index is 0.115. The highest BCUT2D eigenvalue weighted by molar-refractivity contribution is 6.37. The van der Waals surface area contributed by atoms with E-state index in [4.69, 9.17) is 16.3 Å². The maximum atomic E-state index is 13.7. The van der Waals surface area contributed by atoms with Crippen LogP contribution in [0.3, 0.4) is 0 Å². The molecule has 3 heterocycles. The molecule has 2 aromatic rings. The highest BCUT2D eigenvalue weighted by Gasteiger charge is 2.46. The summed E-state index contributed by atoms with van der Waals surface area (Å²) in [6.45, 7) is 6.63. The van der Waals surface area contributed by atoms with Crippen molar-refractivity contribution in [1.29, 1.82) is 0 Å². The number of fused-ring (bicyclic) bond motifs is 3. The van der Waals surface area contributed by atoms with Crippen molar-refractivity contribution in [3.05, 3.63) is 23.0 Å². The van der Waals surface area contributed by atoms with Gasteiger partial charge in [0.2, 0.25) is 5.91 Å². The first-order valence-corrected chi connectivity index (χ1v) is 11.7. The molecule has 7 heteroatoms. The van der Waals surface area contributed by atoms with E-state index in [-0.39, 0.29) is 24.6 Å². The molecule has 1 aliphatic heterocycles. The summed E-state index contributed by atoms with van der Waals surface area (Å²) in [5.41, 5.74) is 1.52. The van der Waals surface area contributed by atoms with Gasteiger partial charge in [-0.1, -0.05) is 38.8 Å². The minimum atomic E-state index is -0.438. The number of carbonyl (C=O) groups excluding carboxylic acids is 1. The zero-order valence-corrected chi connectivity index (χ0v) is 19.8. The summed E-state index contributed by atoms with van der Waals surface area (Å²) in [6.07, 6.45) is 10.1. The molecular formula is C24H34ClN3O3. The lowest BCUT2D eigenvalue weighted by atomic mass is 9.65. The number of nitrogens with one attached hydrogen (secondary N) is 1. The van der Waals surface area contributed by atoms with Crippen molar-refractivity contribution in [2.45, 2.75) is 83.2 Å². The third-order valence-electron chi connectivity index (χ3n) is 7.46. The Balaban J connectivity index is 1.63. The Hall–Kier alpha value is -1.79. The second kappa shape index (κ2) is 8.28. The SMILES string of the molecule is COc1cnc2[nH]cc(C(C)(C)CC(=O)N3C(CCO)CC4(C)CCCC3C4)c2c1Cl. The van der Waals surface area contributed by atoms with E-state index < -0.39 is 5.41 Å². The largest absolute Gasteiger partial charge is 0.494 e. The molecule has 3 atom stereocenters. The number of aliphatic hydroxyl groups is 1. The van der Waals surface area contributed by atoms with Crippen LogP contribution in [-0.4, -0.2) is 51.7 Å². The molecule has 1 amide bonds. The average Bonchev–Trinajstić information content (AvgIpc) is 3.13. The summed E-state index contributed by atoms with van der Waals surface area (Å²) in [6, 6.07) is 0.395. The molecule has 2 bridgehead atoms. The van der Waals surface area contributed by atoms with E-state index in [1.54, 1.807) is 13.3 Å². The number of hydrogen-bond donors (Lipinski definition) is 2. The molecule has 0 radical (unpaired) electrons. The number of amides is 1. The molecule has 31 heavy (non-hydrogen) atoms. The fraction of sp³-hybridized carbons (Fsp3) is 0.667. The number of halogens is 1. The van der Waals surface area contributed by atoms with E-state index in [0.29, 0.717) is 34.7 Å². The highest BCUT2D eigenvalue weighted by atomic mass is 35.5. The maximum absolute atomic E-state index is 13.7. The zero-order chi connectivity index (χ0) is 22.4. The molecule has 2 N–H and O–H groups in total. The van der Waals surface area contributed by atoms with Gasteiger partial charge in [-0.15, -0.1) is 0 Å². The van der Waals surface area contributed by atoms with Crippen molar-refractivity contribution in [2.75, 3.05) is 13.7 Å². The molecule has 2 aliphatic rings. The summed E-state index contributed by atoms with van der Waals surface area (Å²) in [5.74, 6) is 0.691. The lowest BCUT2D eigenvalue weighted by Crippen LogP contribution is -2.57. The number of methoxy groups -OCH3 is 1. The Morgan fingerprint density at radius 2 is 2.23 bits per heavy atom. The number of aromatic amines is 1. The van der Waals surface area contributed by atoms with Crippen LogP contribution in [0.1, 0.15) is 71.3 Å². The van der Waals surface area contributed by atoms with Crippen LogP contribution in [0.4, 0.5) is 0 Å². The van der Waals surface area contributed by atoms with Crippen LogP contribution >= 0.6 is 11.6 Å². The Kier molecular flexibility index (Phi) is 5.99. The van der Waals surface area contributed by atoms with Crippen molar-refractivity contribution in [3.8, 4) is 5.75 Å². The predicted octanol–water partition coefficient (Wildman–Crippen LogP) is 4.82. The van der Waals surface area contributed by atoms with Crippen molar-refractivity contribution < 1.29 is 14.6 Å². The summed E-state index contributed by atoms with van der Waals surface area (Å²) < 4.78 is 5.35. The molecule has 4 rings (SSSR count). The van der Waals surface area contributed by atoms with E-state index in [9.17, 15) is 9.90 Å². The Morgan fingerprint density at radius 3 is 2.94 bits per heavy atom. The third kappa shape index (κ3) is 4.05. The Labute approximate surface area is 189 Å². The van der Waals surface area contributed by atoms with Crippen LogP contribution in [-0.2, 0) is 10.2 Å². The van der Waals surface area contributed by atoms with Gasteiger partial charge in [-0.25, -0.2) is 4.98 Å². The topological polar surface area (TPSA) is 78.5 Å². The standard InChI is InChI=1S/C24H34ClN3O3/c1-23(2,17-13-26-22-20(17)21(25)18(31-4)14-27-22)12-19(30)28-15-6-5-8-24(3,10-15)11-16(28)7-9-29/h13-16,29H,5-12H2,1-4H3,(H,26,27). The van der Waals surface area contributed by atoms with Gasteiger partial charge >= 0.3 is 0 Å². The van der Waals surface area contributed by atoms with Gasteiger partial charge in [-0.3, -0.25) is 4.79 Å². The van der Waals surface area contributed by atoms with Gasteiger partial charge in [0.1, 0.15) is 5.65 Å². The number of nitrogens with zero attached hydrogens (tertiary/aromatic N) is 2. The molecule has 6 nitrogen and oxygen atoms in total. The van der Waals surface area contributed by atoms with Crippen molar-refractivity contribution in [3.63, 3.8) is 0 Å². The Morgan fingerprint density at radius 1 is 1.45 bits per heavy atom. The molecule has 170 valence electrons.